The molecule has 1 saturated heterocycles. The summed E-state index contributed by atoms with van der Waals surface area (Å²) in [5, 5.41) is 1.17. The lowest BCUT2D eigenvalue weighted by Crippen LogP contribution is -2.19. The molecule has 0 spiro atoms. The highest BCUT2D eigenvalue weighted by molar-refractivity contribution is 5.97. The van der Waals surface area contributed by atoms with Crippen LogP contribution in [0.15, 0.2) is 30.5 Å². The Morgan fingerprint density at radius 1 is 1.12 bits per heavy atom. The van der Waals surface area contributed by atoms with Crippen LogP contribution in [0.4, 0.5) is 11.4 Å². The molecule has 0 radical (unpaired) electrons. The first-order chi connectivity index (χ1) is 7.86. The summed E-state index contributed by atoms with van der Waals surface area (Å²) >= 11 is 0. The van der Waals surface area contributed by atoms with Crippen LogP contribution in [0.25, 0.3) is 10.9 Å². The lowest BCUT2D eigenvalue weighted by atomic mass is 10.1. The van der Waals surface area contributed by atoms with Crippen LogP contribution in [0.3, 0.4) is 0 Å². The normalized spacial score (nSPS) is 15.9. The molecule has 0 unspecified atom stereocenters. The number of aromatic nitrogens is 1. The zero-order valence-electron chi connectivity index (χ0n) is 9.19. The van der Waals surface area contributed by atoms with Gasteiger partial charge in [-0.05, 0) is 25.0 Å². The highest BCUT2D eigenvalue weighted by atomic mass is 15.2. The van der Waals surface area contributed by atoms with E-state index < -0.39 is 0 Å². The number of rotatable bonds is 1. The zero-order valence-corrected chi connectivity index (χ0v) is 9.19. The average Bonchev–Trinajstić information content (AvgIpc) is 2.82. The van der Waals surface area contributed by atoms with Crippen LogP contribution in [-0.2, 0) is 0 Å². The first-order valence-electron chi connectivity index (χ1n) is 5.74. The standard InChI is InChI=1S/C13H15N3/c14-11-6-5-10-4-3-7-15-12(10)13(11)16-8-1-2-9-16/h3-7H,1-2,8-9,14H2. The van der Waals surface area contributed by atoms with Crippen molar-refractivity contribution in [3.05, 3.63) is 30.5 Å². The first-order valence-corrected chi connectivity index (χ1v) is 5.74. The largest absolute Gasteiger partial charge is 0.397 e. The molecular weight excluding hydrogens is 198 g/mol. The zero-order chi connectivity index (χ0) is 11.0. The monoisotopic (exact) mass is 213 g/mol. The van der Waals surface area contributed by atoms with Gasteiger partial charge in [0.05, 0.1) is 16.9 Å². The van der Waals surface area contributed by atoms with Gasteiger partial charge in [0, 0.05) is 24.7 Å². The highest BCUT2D eigenvalue weighted by Gasteiger charge is 2.17. The van der Waals surface area contributed by atoms with E-state index in [1.165, 1.54) is 18.2 Å². The van der Waals surface area contributed by atoms with Crippen molar-refractivity contribution in [3.8, 4) is 0 Å². The van der Waals surface area contributed by atoms with Gasteiger partial charge in [-0.2, -0.15) is 0 Å². The SMILES string of the molecule is Nc1ccc2cccnc2c1N1CCCC1. The molecule has 1 aromatic carbocycles. The van der Waals surface area contributed by atoms with Gasteiger partial charge in [-0.1, -0.05) is 12.1 Å². The van der Waals surface area contributed by atoms with E-state index in [-0.39, 0.29) is 0 Å². The van der Waals surface area contributed by atoms with Gasteiger partial charge in [0.25, 0.3) is 0 Å². The van der Waals surface area contributed by atoms with Crippen LogP contribution < -0.4 is 10.6 Å². The van der Waals surface area contributed by atoms with Crippen LogP contribution in [0, 0.1) is 0 Å². The Labute approximate surface area is 94.9 Å². The van der Waals surface area contributed by atoms with E-state index in [9.17, 15) is 0 Å². The van der Waals surface area contributed by atoms with Crippen molar-refractivity contribution in [2.75, 3.05) is 23.7 Å². The number of nitrogen functional groups attached to an aromatic ring is 1. The average molecular weight is 213 g/mol. The third kappa shape index (κ3) is 1.40. The Morgan fingerprint density at radius 3 is 2.75 bits per heavy atom. The molecule has 0 bridgehead atoms. The van der Waals surface area contributed by atoms with Crippen LogP contribution in [-0.4, -0.2) is 18.1 Å². The Bertz CT molecular complexity index is 516. The van der Waals surface area contributed by atoms with E-state index in [0.717, 1.165) is 30.0 Å². The van der Waals surface area contributed by atoms with Crippen molar-refractivity contribution in [1.29, 1.82) is 0 Å². The lowest BCUT2D eigenvalue weighted by Gasteiger charge is -2.21. The minimum absolute atomic E-state index is 0.841. The highest BCUT2D eigenvalue weighted by Crippen LogP contribution is 2.33. The third-order valence-electron chi connectivity index (χ3n) is 3.20. The number of pyridine rings is 1. The molecule has 2 N–H and O–H groups in total. The topological polar surface area (TPSA) is 42.1 Å². The second kappa shape index (κ2) is 3.67. The third-order valence-corrected chi connectivity index (χ3v) is 3.20. The van der Waals surface area contributed by atoms with Crippen molar-refractivity contribution < 1.29 is 0 Å². The molecule has 0 amide bonds. The van der Waals surface area contributed by atoms with Crippen LogP contribution in [0.1, 0.15) is 12.8 Å². The van der Waals surface area contributed by atoms with E-state index in [0.29, 0.717) is 0 Å². The Hall–Kier alpha value is -1.77. The predicted octanol–water partition coefficient (Wildman–Crippen LogP) is 2.42. The van der Waals surface area contributed by atoms with Crippen LogP contribution in [0.2, 0.25) is 0 Å². The van der Waals surface area contributed by atoms with Gasteiger partial charge in [-0.3, -0.25) is 4.98 Å². The predicted molar refractivity (Wildman–Crippen MR) is 67.6 cm³/mol. The van der Waals surface area contributed by atoms with Gasteiger partial charge >= 0.3 is 0 Å². The number of hydrogen-bond donors (Lipinski definition) is 1. The van der Waals surface area contributed by atoms with Gasteiger partial charge in [0.1, 0.15) is 0 Å². The van der Waals surface area contributed by atoms with Gasteiger partial charge in [0.2, 0.25) is 0 Å². The molecule has 3 heteroatoms. The summed E-state index contributed by atoms with van der Waals surface area (Å²) in [5.41, 5.74) is 9.08. The number of hydrogen-bond acceptors (Lipinski definition) is 3. The van der Waals surface area contributed by atoms with Crippen molar-refractivity contribution in [2.24, 2.45) is 0 Å². The van der Waals surface area contributed by atoms with Gasteiger partial charge in [-0.15, -0.1) is 0 Å². The molecule has 1 aliphatic heterocycles. The summed E-state index contributed by atoms with van der Waals surface area (Å²) in [6.07, 6.45) is 4.34. The van der Waals surface area contributed by atoms with Gasteiger partial charge in [-0.25, -0.2) is 0 Å². The van der Waals surface area contributed by atoms with Gasteiger partial charge < -0.3 is 10.6 Å². The molecule has 2 aromatic rings. The molecule has 1 aromatic heterocycles. The number of benzene rings is 1. The van der Waals surface area contributed by atoms with Crippen molar-refractivity contribution in [3.63, 3.8) is 0 Å². The number of nitrogens with two attached hydrogens (primary N) is 1. The fraction of sp³-hybridized carbons (Fsp3) is 0.308. The molecule has 82 valence electrons. The van der Waals surface area contributed by atoms with Gasteiger partial charge in [0.15, 0.2) is 0 Å². The lowest BCUT2D eigenvalue weighted by molar-refractivity contribution is 0.949. The Morgan fingerprint density at radius 2 is 1.94 bits per heavy atom. The second-order valence-electron chi connectivity index (χ2n) is 4.27. The molecular formula is C13H15N3. The summed E-state index contributed by atoms with van der Waals surface area (Å²) in [6, 6.07) is 8.07. The maximum atomic E-state index is 6.08. The van der Waals surface area contributed by atoms with Crippen LogP contribution in [0.5, 0.6) is 0 Å². The molecule has 2 heterocycles. The van der Waals surface area contributed by atoms with E-state index >= 15 is 0 Å². The fourth-order valence-corrected chi connectivity index (χ4v) is 2.42. The Balaban J connectivity index is 2.23. The van der Waals surface area contributed by atoms with E-state index in [1.807, 2.05) is 24.4 Å². The maximum absolute atomic E-state index is 6.08. The quantitative estimate of drug-likeness (QED) is 0.740. The van der Waals surface area contributed by atoms with E-state index in [1.54, 1.807) is 0 Å². The molecule has 3 nitrogen and oxygen atoms in total. The molecule has 1 fully saturated rings. The fourth-order valence-electron chi connectivity index (χ4n) is 2.42. The summed E-state index contributed by atoms with van der Waals surface area (Å²) in [7, 11) is 0. The molecule has 0 aliphatic carbocycles. The minimum Gasteiger partial charge on any atom is -0.397 e. The van der Waals surface area contributed by atoms with Crippen LogP contribution >= 0.6 is 0 Å². The first kappa shape index (κ1) is 9.46. The molecule has 3 rings (SSSR count). The summed E-state index contributed by atoms with van der Waals surface area (Å²) in [6.45, 7) is 2.19. The molecule has 16 heavy (non-hydrogen) atoms. The molecule has 0 saturated carbocycles. The summed E-state index contributed by atoms with van der Waals surface area (Å²) < 4.78 is 0. The van der Waals surface area contributed by atoms with E-state index in [4.69, 9.17) is 5.73 Å². The van der Waals surface area contributed by atoms with Crippen molar-refractivity contribution >= 4 is 22.3 Å². The van der Waals surface area contributed by atoms with Crippen molar-refractivity contribution in [2.45, 2.75) is 12.8 Å². The molecule has 1 aliphatic rings. The Kier molecular flexibility index (Phi) is 2.17. The minimum atomic E-state index is 0.841. The maximum Gasteiger partial charge on any atom is 0.0956 e. The smallest absolute Gasteiger partial charge is 0.0956 e. The number of anilines is 2. The van der Waals surface area contributed by atoms with Crippen molar-refractivity contribution in [1.82, 2.24) is 4.98 Å². The summed E-state index contributed by atoms with van der Waals surface area (Å²) in [4.78, 5) is 6.82. The van der Waals surface area contributed by atoms with E-state index in [2.05, 4.69) is 16.0 Å². The summed E-state index contributed by atoms with van der Waals surface area (Å²) in [5.74, 6) is 0. The second-order valence-corrected chi connectivity index (χ2v) is 4.27. The number of fused-ring (bicyclic) bond motifs is 1. The molecule has 0 atom stereocenters. The number of nitrogens with zero attached hydrogens (tertiary/aromatic N) is 2.